The van der Waals surface area contributed by atoms with Crippen LogP contribution in [0, 0.1) is 18.3 Å². The van der Waals surface area contributed by atoms with Gasteiger partial charge in [-0.3, -0.25) is 14.4 Å². The second kappa shape index (κ2) is 4.72. The second-order valence-electron chi connectivity index (χ2n) is 6.13. The van der Waals surface area contributed by atoms with Gasteiger partial charge in [-0.15, -0.1) is 0 Å². The van der Waals surface area contributed by atoms with E-state index in [1.807, 2.05) is 0 Å². The summed E-state index contributed by atoms with van der Waals surface area (Å²) in [5.74, 6) is -1.25. The van der Waals surface area contributed by atoms with Crippen LogP contribution < -0.4 is 5.56 Å². The Bertz CT molecular complexity index is 656. The molecule has 2 N–H and O–H groups in total. The number of aliphatic carboxylic acids is 1. The zero-order valence-electron chi connectivity index (χ0n) is 11.9. The van der Waals surface area contributed by atoms with E-state index in [0.29, 0.717) is 25.9 Å². The monoisotopic (exact) mass is 290 g/mol. The van der Waals surface area contributed by atoms with Gasteiger partial charge in [0.25, 0.3) is 11.5 Å². The van der Waals surface area contributed by atoms with Crippen molar-refractivity contribution in [1.82, 2.24) is 9.88 Å². The van der Waals surface area contributed by atoms with Gasteiger partial charge in [0.2, 0.25) is 0 Å². The number of piperidine rings is 1. The third-order valence-electron chi connectivity index (χ3n) is 4.82. The van der Waals surface area contributed by atoms with Crippen molar-refractivity contribution in [2.75, 3.05) is 13.1 Å². The van der Waals surface area contributed by atoms with E-state index in [1.165, 1.54) is 0 Å². The fourth-order valence-electron chi connectivity index (χ4n) is 3.32. The van der Waals surface area contributed by atoms with E-state index in [-0.39, 0.29) is 28.4 Å². The van der Waals surface area contributed by atoms with Crippen molar-refractivity contribution < 1.29 is 14.7 Å². The van der Waals surface area contributed by atoms with Crippen molar-refractivity contribution in [2.45, 2.75) is 26.2 Å². The number of likely N-dealkylation sites (tertiary alicyclic amines) is 1. The smallest absolute Gasteiger partial charge is 0.307 e. The summed E-state index contributed by atoms with van der Waals surface area (Å²) < 4.78 is 0. The average molecular weight is 290 g/mol. The van der Waals surface area contributed by atoms with Gasteiger partial charge in [0.05, 0.1) is 5.92 Å². The largest absolute Gasteiger partial charge is 0.481 e. The summed E-state index contributed by atoms with van der Waals surface area (Å²) in [6.45, 7) is 2.81. The van der Waals surface area contributed by atoms with Crippen LogP contribution in [0.25, 0.3) is 0 Å². The minimum atomic E-state index is -0.732. The molecule has 0 aromatic carbocycles. The fourth-order valence-corrected chi connectivity index (χ4v) is 3.32. The predicted octanol–water partition coefficient (Wildman–Crippen LogP) is 1.01. The van der Waals surface area contributed by atoms with Crippen LogP contribution >= 0.6 is 0 Å². The molecule has 1 aromatic heterocycles. The molecule has 6 nitrogen and oxygen atoms in total. The molecule has 1 aliphatic carbocycles. The summed E-state index contributed by atoms with van der Waals surface area (Å²) in [6, 6.07) is 3.26. The maximum atomic E-state index is 12.4. The number of carbonyl (C=O) groups is 2. The molecule has 0 radical (unpaired) electrons. The highest BCUT2D eigenvalue weighted by Gasteiger charge is 2.59. The number of pyridine rings is 1. The average Bonchev–Trinajstić information content (AvgIpc) is 3.13. The van der Waals surface area contributed by atoms with E-state index in [0.717, 1.165) is 12.1 Å². The molecule has 21 heavy (non-hydrogen) atoms. The summed E-state index contributed by atoms with van der Waals surface area (Å²) in [6.07, 6.45) is 2.13. The van der Waals surface area contributed by atoms with Gasteiger partial charge in [-0.1, -0.05) is 0 Å². The minimum absolute atomic E-state index is 0.109. The number of amides is 1. The summed E-state index contributed by atoms with van der Waals surface area (Å²) >= 11 is 0. The van der Waals surface area contributed by atoms with E-state index in [4.69, 9.17) is 5.11 Å². The summed E-state index contributed by atoms with van der Waals surface area (Å²) in [7, 11) is 0. The van der Waals surface area contributed by atoms with E-state index in [9.17, 15) is 14.4 Å². The topological polar surface area (TPSA) is 90.5 Å². The van der Waals surface area contributed by atoms with Crippen LogP contribution in [-0.2, 0) is 4.79 Å². The predicted molar refractivity (Wildman–Crippen MR) is 75.1 cm³/mol. The lowest BCUT2D eigenvalue weighted by Gasteiger charge is -2.32. The number of aromatic amines is 1. The number of aryl methyl sites for hydroxylation is 1. The number of H-pyrrole nitrogens is 1. The normalized spacial score (nSPS) is 23.1. The molecule has 1 atom stereocenters. The van der Waals surface area contributed by atoms with Gasteiger partial charge in [-0.2, -0.15) is 0 Å². The molecule has 6 heteroatoms. The SMILES string of the molecule is Cc1ccc(C(=O)N2CCC3(CC2)CC3C(=O)O)c(=O)[nH]1. The van der Waals surface area contributed by atoms with Crippen LogP contribution in [0.5, 0.6) is 0 Å². The lowest BCUT2D eigenvalue weighted by Crippen LogP contribution is -2.41. The van der Waals surface area contributed by atoms with Gasteiger partial charge < -0.3 is 15.0 Å². The molecule has 2 fully saturated rings. The number of carboxylic acids is 1. The van der Waals surface area contributed by atoms with Crippen molar-refractivity contribution in [1.29, 1.82) is 0 Å². The van der Waals surface area contributed by atoms with Crippen LogP contribution in [-0.4, -0.2) is 40.0 Å². The first-order chi connectivity index (χ1) is 9.93. The molecule has 1 amide bonds. The zero-order valence-corrected chi connectivity index (χ0v) is 11.9. The molecule has 1 aromatic rings. The summed E-state index contributed by atoms with van der Waals surface area (Å²) in [5, 5.41) is 9.06. The number of carboxylic acid groups (broad SMARTS) is 1. The van der Waals surface area contributed by atoms with Gasteiger partial charge in [0.1, 0.15) is 5.56 Å². The van der Waals surface area contributed by atoms with Crippen LogP contribution in [0.15, 0.2) is 16.9 Å². The molecule has 1 spiro atoms. The van der Waals surface area contributed by atoms with Gasteiger partial charge in [0.15, 0.2) is 0 Å². The molecule has 1 saturated carbocycles. The van der Waals surface area contributed by atoms with Gasteiger partial charge in [0, 0.05) is 18.8 Å². The molecule has 2 aliphatic rings. The number of aromatic nitrogens is 1. The number of hydrogen-bond donors (Lipinski definition) is 2. The maximum Gasteiger partial charge on any atom is 0.307 e. The Labute approximate surface area is 121 Å². The van der Waals surface area contributed by atoms with Gasteiger partial charge in [-0.05, 0) is 43.7 Å². The molecule has 1 unspecified atom stereocenters. The van der Waals surface area contributed by atoms with E-state index >= 15 is 0 Å². The lowest BCUT2D eigenvalue weighted by molar-refractivity contribution is -0.139. The molecule has 112 valence electrons. The minimum Gasteiger partial charge on any atom is -0.481 e. The fraction of sp³-hybridized carbons (Fsp3) is 0.533. The van der Waals surface area contributed by atoms with E-state index in [1.54, 1.807) is 24.0 Å². The van der Waals surface area contributed by atoms with Crippen LogP contribution in [0.4, 0.5) is 0 Å². The number of hydrogen-bond acceptors (Lipinski definition) is 3. The van der Waals surface area contributed by atoms with E-state index in [2.05, 4.69) is 4.98 Å². The molecule has 2 heterocycles. The third kappa shape index (κ3) is 2.34. The molecular formula is C15H18N2O4. The van der Waals surface area contributed by atoms with Crippen molar-refractivity contribution >= 4 is 11.9 Å². The first kappa shape index (κ1) is 13.9. The Balaban J connectivity index is 1.69. The third-order valence-corrected chi connectivity index (χ3v) is 4.82. The van der Waals surface area contributed by atoms with Crippen molar-refractivity contribution in [2.24, 2.45) is 11.3 Å². The Kier molecular flexibility index (Phi) is 3.11. The van der Waals surface area contributed by atoms with Crippen LogP contribution in [0.1, 0.15) is 35.3 Å². The highest BCUT2D eigenvalue weighted by atomic mass is 16.4. The first-order valence-electron chi connectivity index (χ1n) is 7.15. The highest BCUT2D eigenvalue weighted by molar-refractivity contribution is 5.94. The Morgan fingerprint density at radius 2 is 2.00 bits per heavy atom. The Hall–Kier alpha value is -2.11. The molecule has 3 rings (SSSR count). The first-order valence-corrected chi connectivity index (χ1v) is 7.15. The number of carbonyl (C=O) groups excluding carboxylic acids is 1. The van der Waals surface area contributed by atoms with Gasteiger partial charge >= 0.3 is 5.97 Å². The molecule has 1 saturated heterocycles. The summed E-state index contributed by atoms with van der Waals surface area (Å²) in [4.78, 5) is 39.5. The Morgan fingerprint density at radius 3 is 2.52 bits per heavy atom. The number of rotatable bonds is 2. The van der Waals surface area contributed by atoms with Crippen LogP contribution in [0.3, 0.4) is 0 Å². The number of nitrogens with zero attached hydrogens (tertiary/aromatic N) is 1. The zero-order chi connectivity index (χ0) is 15.2. The van der Waals surface area contributed by atoms with Crippen molar-refractivity contribution in [3.63, 3.8) is 0 Å². The Morgan fingerprint density at radius 1 is 1.33 bits per heavy atom. The molecule has 0 bridgehead atoms. The maximum absolute atomic E-state index is 12.4. The van der Waals surface area contributed by atoms with Crippen LogP contribution in [0.2, 0.25) is 0 Å². The van der Waals surface area contributed by atoms with Crippen molar-refractivity contribution in [3.05, 3.63) is 33.7 Å². The molecule has 1 aliphatic heterocycles. The molecular weight excluding hydrogens is 272 g/mol. The summed E-state index contributed by atoms with van der Waals surface area (Å²) in [5.41, 5.74) is 0.399. The van der Waals surface area contributed by atoms with E-state index < -0.39 is 5.97 Å². The van der Waals surface area contributed by atoms with Crippen molar-refractivity contribution in [3.8, 4) is 0 Å². The lowest BCUT2D eigenvalue weighted by atomic mass is 9.90. The standard InChI is InChI=1S/C15H18N2O4/c1-9-2-3-10(12(18)16-9)13(19)17-6-4-15(5-7-17)8-11(15)14(20)21/h2-3,11H,4-8H2,1H3,(H,16,18)(H,20,21). The number of nitrogens with one attached hydrogen (secondary N) is 1. The van der Waals surface area contributed by atoms with Gasteiger partial charge in [-0.25, -0.2) is 0 Å². The quantitative estimate of drug-likeness (QED) is 0.850. The second-order valence-corrected chi connectivity index (χ2v) is 6.13. The highest BCUT2D eigenvalue weighted by Crippen LogP contribution is 2.59.